The third-order valence-electron chi connectivity index (χ3n) is 3.47. The number of hydrogen-bond donors (Lipinski definition) is 1. The van der Waals surface area contributed by atoms with Crippen LogP contribution in [0.15, 0.2) is 28.7 Å². The lowest BCUT2D eigenvalue weighted by atomic mass is 10.1. The van der Waals surface area contributed by atoms with Crippen molar-refractivity contribution in [2.75, 3.05) is 26.0 Å². The molecule has 1 aromatic heterocycles. The van der Waals surface area contributed by atoms with Crippen molar-refractivity contribution in [3.05, 3.63) is 41.3 Å². The van der Waals surface area contributed by atoms with Crippen LogP contribution in [-0.4, -0.2) is 25.2 Å². The number of ether oxygens (including phenoxy) is 2. The molecule has 0 radical (unpaired) electrons. The summed E-state index contributed by atoms with van der Waals surface area (Å²) in [6, 6.07) is 7.78. The molecular formula is C16H20N2O3. The van der Waals surface area contributed by atoms with Crippen molar-refractivity contribution in [1.29, 1.82) is 0 Å². The van der Waals surface area contributed by atoms with E-state index in [-0.39, 0.29) is 0 Å². The average Bonchev–Trinajstić information content (AvgIpc) is 2.85. The van der Waals surface area contributed by atoms with E-state index in [1.807, 2.05) is 38.2 Å². The molecule has 5 nitrogen and oxygen atoms in total. The highest BCUT2D eigenvalue weighted by atomic mass is 16.6. The Morgan fingerprint density at radius 2 is 1.81 bits per heavy atom. The normalized spacial score (nSPS) is 13.7. The zero-order valence-corrected chi connectivity index (χ0v) is 12.4. The van der Waals surface area contributed by atoms with Gasteiger partial charge in [-0.3, -0.25) is 4.90 Å². The van der Waals surface area contributed by atoms with Gasteiger partial charge in [0, 0.05) is 18.3 Å². The number of rotatable bonds is 4. The Morgan fingerprint density at radius 3 is 2.48 bits per heavy atom. The van der Waals surface area contributed by atoms with Gasteiger partial charge < -0.3 is 19.6 Å². The van der Waals surface area contributed by atoms with Gasteiger partial charge in [0.05, 0.1) is 6.54 Å². The third kappa shape index (κ3) is 3.13. The van der Waals surface area contributed by atoms with Crippen molar-refractivity contribution in [2.45, 2.75) is 20.0 Å². The number of nitrogen functional groups attached to an aromatic ring is 1. The molecule has 0 saturated carbocycles. The van der Waals surface area contributed by atoms with Crippen LogP contribution in [-0.2, 0) is 13.1 Å². The van der Waals surface area contributed by atoms with Crippen LogP contribution < -0.4 is 15.2 Å². The number of aryl methyl sites for hydroxylation is 1. The van der Waals surface area contributed by atoms with E-state index in [0.717, 1.165) is 47.4 Å². The van der Waals surface area contributed by atoms with Crippen molar-refractivity contribution in [3.63, 3.8) is 0 Å². The number of fused-ring (bicyclic) bond motifs is 1. The van der Waals surface area contributed by atoms with Crippen molar-refractivity contribution in [2.24, 2.45) is 0 Å². The fourth-order valence-corrected chi connectivity index (χ4v) is 2.47. The fourth-order valence-electron chi connectivity index (χ4n) is 2.47. The number of anilines is 1. The van der Waals surface area contributed by atoms with Gasteiger partial charge in [-0.1, -0.05) is 0 Å². The molecule has 0 amide bonds. The molecule has 1 aliphatic rings. The van der Waals surface area contributed by atoms with E-state index in [4.69, 9.17) is 19.6 Å². The molecule has 2 N–H and O–H groups in total. The lowest BCUT2D eigenvalue weighted by Crippen LogP contribution is -2.19. The molecule has 21 heavy (non-hydrogen) atoms. The topological polar surface area (TPSA) is 60.9 Å². The number of nitrogens with zero attached hydrogens (tertiary/aromatic N) is 1. The first-order valence-corrected chi connectivity index (χ1v) is 7.03. The van der Waals surface area contributed by atoms with Gasteiger partial charge in [0.1, 0.15) is 24.7 Å². The first-order valence-electron chi connectivity index (χ1n) is 7.03. The highest BCUT2D eigenvalue weighted by Gasteiger charge is 2.15. The maximum absolute atomic E-state index is 6.10. The Labute approximate surface area is 124 Å². The highest BCUT2D eigenvalue weighted by Crippen LogP contribution is 2.34. The molecule has 3 rings (SSSR count). The standard InChI is InChI=1S/C16H20N2O3/c1-11-3-4-13(21-11)10-18(2)9-12-7-15-16(8-14(12)17)20-6-5-19-15/h3-4,7-8H,5-6,9-10,17H2,1-2H3. The third-order valence-corrected chi connectivity index (χ3v) is 3.47. The van der Waals surface area contributed by atoms with Crippen LogP contribution in [0, 0.1) is 6.92 Å². The molecule has 0 spiro atoms. The Hall–Kier alpha value is -2.14. The van der Waals surface area contributed by atoms with Gasteiger partial charge >= 0.3 is 0 Å². The van der Waals surface area contributed by atoms with Crippen LogP contribution in [0.3, 0.4) is 0 Å². The fraction of sp³-hybridized carbons (Fsp3) is 0.375. The molecule has 0 aliphatic carbocycles. The molecule has 1 aromatic carbocycles. The number of furan rings is 1. The molecular weight excluding hydrogens is 268 g/mol. The van der Waals surface area contributed by atoms with Crippen LogP contribution in [0.2, 0.25) is 0 Å². The second-order valence-corrected chi connectivity index (χ2v) is 5.38. The van der Waals surface area contributed by atoms with Crippen molar-refractivity contribution >= 4 is 5.69 Å². The van der Waals surface area contributed by atoms with Crippen LogP contribution in [0.5, 0.6) is 11.5 Å². The second kappa shape index (κ2) is 5.69. The van der Waals surface area contributed by atoms with E-state index in [0.29, 0.717) is 13.2 Å². The Kier molecular flexibility index (Phi) is 3.75. The van der Waals surface area contributed by atoms with Gasteiger partial charge in [0.15, 0.2) is 11.5 Å². The summed E-state index contributed by atoms with van der Waals surface area (Å²) in [5.41, 5.74) is 7.86. The monoisotopic (exact) mass is 288 g/mol. The zero-order chi connectivity index (χ0) is 14.8. The summed E-state index contributed by atoms with van der Waals surface area (Å²) >= 11 is 0. The van der Waals surface area contributed by atoms with E-state index in [1.165, 1.54) is 0 Å². The minimum atomic E-state index is 0.573. The number of nitrogens with two attached hydrogens (primary N) is 1. The lowest BCUT2D eigenvalue weighted by molar-refractivity contribution is 0.171. The molecule has 1 aliphatic heterocycles. The van der Waals surface area contributed by atoms with Crippen LogP contribution in [0.1, 0.15) is 17.1 Å². The number of hydrogen-bond acceptors (Lipinski definition) is 5. The molecule has 0 fully saturated rings. The molecule has 0 unspecified atom stereocenters. The molecule has 112 valence electrons. The Morgan fingerprint density at radius 1 is 1.10 bits per heavy atom. The van der Waals surface area contributed by atoms with Crippen molar-refractivity contribution in [1.82, 2.24) is 4.90 Å². The summed E-state index contributed by atoms with van der Waals surface area (Å²) in [4.78, 5) is 2.15. The van der Waals surface area contributed by atoms with Gasteiger partial charge in [-0.25, -0.2) is 0 Å². The average molecular weight is 288 g/mol. The van der Waals surface area contributed by atoms with E-state index in [9.17, 15) is 0 Å². The first-order chi connectivity index (χ1) is 10.1. The predicted octanol–water partition coefficient (Wildman–Crippen LogP) is 2.57. The van der Waals surface area contributed by atoms with E-state index >= 15 is 0 Å². The summed E-state index contributed by atoms with van der Waals surface area (Å²) in [6.45, 7) is 4.56. The maximum Gasteiger partial charge on any atom is 0.163 e. The van der Waals surface area contributed by atoms with Crippen molar-refractivity contribution in [3.8, 4) is 11.5 Å². The van der Waals surface area contributed by atoms with Crippen LogP contribution in [0.25, 0.3) is 0 Å². The molecule has 0 saturated heterocycles. The van der Waals surface area contributed by atoms with Crippen molar-refractivity contribution < 1.29 is 13.9 Å². The van der Waals surface area contributed by atoms with Gasteiger partial charge in [0.2, 0.25) is 0 Å². The van der Waals surface area contributed by atoms with E-state index in [2.05, 4.69) is 4.90 Å². The van der Waals surface area contributed by atoms with Gasteiger partial charge in [-0.2, -0.15) is 0 Å². The summed E-state index contributed by atoms with van der Waals surface area (Å²) in [5, 5.41) is 0. The Bertz CT molecular complexity index is 636. The molecule has 5 heteroatoms. The van der Waals surface area contributed by atoms with Gasteiger partial charge in [-0.15, -0.1) is 0 Å². The quantitative estimate of drug-likeness (QED) is 0.876. The molecule has 2 heterocycles. The van der Waals surface area contributed by atoms with Gasteiger partial charge in [0.25, 0.3) is 0 Å². The smallest absolute Gasteiger partial charge is 0.163 e. The largest absolute Gasteiger partial charge is 0.486 e. The molecule has 2 aromatic rings. The summed E-state index contributed by atoms with van der Waals surface area (Å²) < 4.78 is 16.7. The van der Waals surface area contributed by atoms with E-state index in [1.54, 1.807) is 0 Å². The SMILES string of the molecule is Cc1ccc(CN(C)Cc2cc3c(cc2N)OCCO3)o1. The molecule has 0 bridgehead atoms. The summed E-state index contributed by atoms with van der Waals surface area (Å²) in [5.74, 6) is 3.38. The first kappa shape index (κ1) is 13.8. The molecule has 0 atom stereocenters. The minimum Gasteiger partial charge on any atom is -0.486 e. The number of benzene rings is 1. The van der Waals surface area contributed by atoms with Gasteiger partial charge in [-0.05, 0) is 37.7 Å². The second-order valence-electron chi connectivity index (χ2n) is 5.38. The predicted molar refractivity (Wildman–Crippen MR) is 80.5 cm³/mol. The van der Waals surface area contributed by atoms with E-state index < -0.39 is 0 Å². The zero-order valence-electron chi connectivity index (χ0n) is 12.4. The van der Waals surface area contributed by atoms with Crippen LogP contribution >= 0.6 is 0 Å². The summed E-state index contributed by atoms with van der Waals surface area (Å²) in [7, 11) is 2.04. The highest BCUT2D eigenvalue weighted by molar-refractivity contribution is 5.58. The van der Waals surface area contributed by atoms with Crippen LogP contribution in [0.4, 0.5) is 5.69 Å². The minimum absolute atomic E-state index is 0.573. The summed E-state index contributed by atoms with van der Waals surface area (Å²) in [6.07, 6.45) is 0. The lowest BCUT2D eigenvalue weighted by Gasteiger charge is -2.22. The Balaban J connectivity index is 1.71. The maximum atomic E-state index is 6.10.